The van der Waals surface area contributed by atoms with Crippen LogP contribution in [-0.2, 0) is 4.79 Å². The number of hydrogen-bond acceptors (Lipinski definition) is 1. The Morgan fingerprint density at radius 1 is 0.682 bits per heavy atom. The molecule has 130 valence electrons. The second-order valence-electron chi connectivity index (χ2n) is 6.50. The molecule has 0 amide bonds. The van der Waals surface area contributed by atoms with Gasteiger partial charge in [-0.15, -0.1) is 0 Å². The Hall–Kier alpha value is -0.300. The van der Waals surface area contributed by atoms with Crippen LogP contribution in [0.15, 0.2) is 11.6 Å². The Bertz CT molecular complexity index is 283. The van der Waals surface area contributed by atoms with Gasteiger partial charge in [-0.25, -0.2) is 0 Å². The molecule has 1 nitrogen and oxygen atoms in total. The summed E-state index contributed by atoms with van der Waals surface area (Å²) in [5, 5.41) is -0.303. The fourth-order valence-corrected chi connectivity index (χ4v) is 3.03. The second-order valence-corrected chi connectivity index (χ2v) is 6.87. The minimum atomic E-state index is -0.303. The molecule has 0 saturated carbocycles. The Labute approximate surface area is 143 Å². The molecule has 22 heavy (non-hydrogen) atoms. The zero-order valence-corrected chi connectivity index (χ0v) is 15.7. The van der Waals surface area contributed by atoms with E-state index in [0.29, 0.717) is 0 Å². The van der Waals surface area contributed by atoms with Crippen LogP contribution in [0.1, 0.15) is 110 Å². The van der Waals surface area contributed by atoms with Crippen LogP contribution in [0.2, 0.25) is 0 Å². The highest BCUT2D eigenvalue weighted by Gasteiger charge is 2.02. The molecule has 0 fully saturated rings. The van der Waals surface area contributed by atoms with E-state index in [9.17, 15) is 4.79 Å². The summed E-state index contributed by atoms with van der Waals surface area (Å²) in [7, 11) is 0. The van der Waals surface area contributed by atoms with Crippen molar-refractivity contribution in [3.05, 3.63) is 11.6 Å². The molecule has 0 rings (SSSR count). The molecule has 0 aliphatic rings. The van der Waals surface area contributed by atoms with Gasteiger partial charge >= 0.3 is 0 Å². The van der Waals surface area contributed by atoms with Gasteiger partial charge in [0.25, 0.3) is 0 Å². The van der Waals surface area contributed by atoms with Crippen molar-refractivity contribution in [2.75, 3.05) is 0 Å². The van der Waals surface area contributed by atoms with Crippen LogP contribution in [0.4, 0.5) is 0 Å². The predicted molar refractivity (Wildman–Crippen MR) is 99.5 cm³/mol. The third-order valence-electron chi connectivity index (χ3n) is 4.27. The van der Waals surface area contributed by atoms with E-state index >= 15 is 0 Å². The number of halogens is 1. The molecule has 0 heterocycles. The average molecular weight is 329 g/mol. The van der Waals surface area contributed by atoms with Gasteiger partial charge in [0.1, 0.15) is 0 Å². The van der Waals surface area contributed by atoms with Crippen molar-refractivity contribution in [1.82, 2.24) is 0 Å². The topological polar surface area (TPSA) is 17.1 Å². The summed E-state index contributed by atoms with van der Waals surface area (Å²) in [5.74, 6) is 0. The molecule has 0 spiro atoms. The van der Waals surface area contributed by atoms with E-state index in [0.717, 1.165) is 12.8 Å². The first-order chi connectivity index (χ1) is 10.7. The van der Waals surface area contributed by atoms with E-state index in [4.69, 9.17) is 11.6 Å². The Morgan fingerprint density at radius 3 is 1.41 bits per heavy atom. The standard InChI is InChI=1S/C20H37ClO/c1-3-5-7-9-10-11-13-15-17-19(18-20(21)22)16-14-12-8-6-4-2/h18H,3-17H2,1-2H3/b19-18+. The molecule has 0 aromatic carbocycles. The van der Waals surface area contributed by atoms with Crippen LogP contribution < -0.4 is 0 Å². The molecule has 0 N–H and O–H groups in total. The van der Waals surface area contributed by atoms with Crippen molar-refractivity contribution in [1.29, 1.82) is 0 Å². The van der Waals surface area contributed by atoms with Crippen LogP contribution in [0.3, 0.4) is 0 Å². The number of carbonyl (C=O) groups is 1. The molecular weight excluding hydrogens is 292 g/mol. The maximum absolute atomic E-state index is 11.1. The maximum Gasteiger partial charge on any atom is 0.245 e. The highest BCUT2D eigenvalue weighted by atomic mass is 35.5. The molecule has 0 unspecified atom stereocenters. The van der Waals surface area contributed by atoms with Gasteiger partial charge < -0.3 is 0 Å². The first kappa shape index (κ1) is 21.7. The number of carbonyl (C=O) groups excluding carboxylic acids is 1. The smallest absolute Gasteiger partial charge is 0.245 e. The zero-order chi connectivity index (χ0) is 16.5. The zero-order valence-electron chi connectivity index (χ0n) is 15.0. The summed E-state index contributed by atoms with van der Waals surface area (Å²) >= 11 is 5.53. The molecule has 0 radical (unpaired) electrons. The lowest BCUT2D eigenvalue weighted by Crippen LogP contribution is -1.91. The number of unbranched alkanes of at least 4 members (excludes halogenated alkanes) is 11. The third kappa shape index (κ3) is 16.1. The summed E-state index contributed by atoms with van der Waals surface area (Å²) in [6.07, 6.45) is 20.8. The van der Waals surface area contributed by atoms with Gasteiger partial charge in [0.2, 0.25) is 5.24 Å². The van der Waals surface area contributed by atoms with E-state index in [1.54, 1.807) is 6.08 Å². The molecular formula is C20H37ClO. The van der Waals surface area contributed by atoms with Gasteiger partial charge in [-0.2, -0.15) is 0 Å². The quantitative estimate of drug-likeness (QED) is 0.162. The highest BCUT2D eigenvalue weighted by Crippen LogP contribution is 2.19. The van der Waals surface area contributed by atoms with Crippen LogP contribution in [0.25, 0.3) is 0 Å². The third-order valence-corrected chi connectivity index (χ3v) is 4.38. The first-order valence-electron chi connectivity index (χ1n) is 9.59. The van der Waals surface area contributed by atoms with Crippen LogP contribution in [0.5, 0.6) is 0 Å². The van der Waals surface area contributed by atoms with E-state index in [1.807, 2.05) is 0 Å². The molecule has 0 aliphatic heterocycles. The minimum Gasteiger partial charge on any atom is -0.276 e. The maximum atomic E-state index is 11.1. The van der Waals surface area contributed by atoms with E-state index in [-0.39, 0.29) is 5.24 Å². The highest BCUT2D eigenvalue weighted by molar-refractivity contribution is 6.66. The molecule has 2 heteroatoms. The normalized spacial score (nSPS) is 11.9. The van der Waals surface area contributed by atoms with E-state index in [2.05, 4.69) is 13.8 Å². The second kappa shape index (κ2) is 17.1. The number of hydrogen-bond donors (Lipinski definition) is 0. The van der Waals surface area contributed by atoms with Crippen molar-refractivity contribution in [3.63, 3.8) is 0 Å². The lowest BCUT2D eigenvalue weighted by atomic mass is 9.99. The van der Waals surface area contributed by atoms with Crippen LogP contribution in [-0.4, -0.2) is 5.24 Å². The molecule has 0 saturated heterocycles. The van der Waals surface area contributed by atoms with Crippen LogP contribution >= 0.6 is 11.6 Å². The van der Waals surface area contributed by atoms with Gasteiger partial charge in [0.15, 0.2) is 0 Å². The molecule has 0 aromatic heterocycles. The van der Waals surface area contributed by atoms with Gasteiger partial charge in [-0.1, -0.05) is 90.0 Å². The lowest BCUT2D eigenvalue weighted by molar-refractivity contribution is -0.107. The van der Waals surface area contributed by atoms with Crippen molar-refractivity contribution in [2.24, 2.45) is 0 Å². The van der Waals surface area contributed by atoms with Gasteiger partial charge in [-0.05, 0) is 43.4 Å². The van der Waals surface area contributed by atoms with Crippen molar-refractivity contribution >= 4 is 16.8 Å². The van der Waals surface area contributed by atoms with Gasteiger partial charge in [-0.3, -0.25) is 4.79 Å². The monoisotopic (exact) mass is 328 g/mol. The molecule has 0 atom stereocenters. The van der Waals surface area contributed by atoms with E-state index < -0.39 is 0 Å². The van der Waals surface area contributed by atoms with Crippen molar-refractivity contribution in [2.45, 2.75) is 110 Å². The van der Waals surface area contributed by atoms with Crippen molar-refractivity contribution < 1.29 is 4.79 Å². The Balaban J connectivity index is 3.70. The fraction of sp³-hybridized carbons (Fsp3) is 0.850. The summed E-state index contributed by atoms with van der Waals surface area (Å²) in [6, 6.07) is 0. The number of allylic oxidation sites excluding steroid dienone is 2. The first-order valence-corrected chi connectivity index (χ1v) is 9.97. The lowest BCUT2D eigenvalue weighted by Gasteiger charge is -2.07. The van der Waals surface area contributed by atoms with E-state index in [1.165, 1.54) is 89.0 Å². The van der Waals surface area contributed by atoms with Crippen molar-refractivity contribution in [3.8, 4) is 0 Å². The summed E-state index contributed by atoms with van der Waals surface area (Å²) in [5.41, 5.74) is 1.27. The molecule has 0 aromatic rings. The molecule has 0 aliphatic carbocycles. The summed E-state index contributed by atoms with van der Waals surface area (Å²) < 4.78 is 0. The van der Waals surface area contributed by atoms with Gasteiger partial charge in [0, 0.05) is 0 Å². The Kier molecular flexibility index (Phi) is 16.8. The summed E-state index contributed by atoms with van der Waals surface area (Å²) in [4.78, 5) is 11.1. The molecule has 0 bridgehead atoms. The summed E-state index contributed by atoms with van der Waals surface area (Å²) in [6.45, 7) is 4.49. The Morgan fingerprint density at radius 2 is 1.05 bits per heavy atom. The predicted octanol–water partition coefficient (Wildman–Crippen LogP) is 7.57. The average Bonchev–Trinajstić information content (AvgIpc) is 2.48. The van der Waals surface area contributed by atoms with Crippen LogP contribution in [0, 0.1) is 0 Å². The minimum absolute atomic E-state index is 0.303. The fourth-order valence-electron chi connectivity index (χ4n) is 2.87. The number of rotatable bonds is 16. The SMILES string of the molecule is CCCCCCCCCC/C(=C/C(=O)Cl)CCCCCCC. The van der Waals surface area contributed by atoms with Gasteiger partial charge in [0.05, 0.1) is 0 Å². The largest absolute Gasteiger partial charge is 0.276 e.